The summed E-state index contributed by atoms with van der Waals surface area (Å²) in [5.74, 6) is -0.451. The molecule has 1 aliphatic rings. The van der Waals surface area contributed by atoms with Crippen molar-refractivity contribution in [1.82, 2.24) is 10.3 Å². The molecule has 0 bridgehead atoms. The zero-order valence-electron chi connectivity index (χ0n) is 16.2. The van der Waals surface area contributed by atoms with E-state index in [-0.39, 0.29) is 17.1 Å². The number of halogens is 1. The molecule has 1 N–H and O–H groups in total. The fraction of sp³-hybridized carbons (Fsp3) is 0.524. The van der Waals surface area contributed by atoms with Gasteiger partial charge in [-0.2, -0.15) is 0 Å². The summed E-state index contributed by atoms with van der Waals surface area (Å²) in [6.45, 7) is 7.82. The highest BCUT2D eigenvalue weighted by molar-refractivity contribution is 7.09. The third-order valence-corrected chi connectivity index (χ3v) is 6.02. The van der Waals surface area contributed by atoms with Crippen LogP contribution >= 0.6 is 11.3 Å². The minimum atomic E-state index is -0.858. The summed E-state index contributed by atoms with van der Waals surface area (Å²) in [6.07, 6.45) is 1.66. The first-order valence-corrected chi connectivity index (χ1v) is 10.3. The van der Waals surface area contributed by atoms with Gasteiger partial charge < -0.3 is 10.1 Å². The van der Waals surface area contributed by atoms with Crippen LogP contribution in [0.15, 0.2) is 29.6 Å². The van der Waals surface area contributed by atoms with Crippen molar-refractivity contribution in [1.29, 1.82) is 0 Å². The first-order chi connectivity index (χ1) is 12.8. The van der Waals surface area contributed by atoms with E-state index in [1.165, 1.54) is 6.07 Å². The van der Waals surface area contributed by atoms with Crippen molar-refractivity contribution in [3.8, 4) is 0 Å². The number of carbonyl (C=O) groups excluding carboxylic acids is 1. The monoisotopic (exact) mass is 390 g/mol. The van der Waals surface area contributed by atoms with Crippen molar-refractivity contribution < 1.29 is 13.9 Å². The first kappa shape index (κ1) is 20.0. The summed E-state index contributed by atoms with van der Waals surface area (Å²) in [7, 11) is 0. The van der Waals surface area contributed by atoms with Crippen molar-refractivity contribution >= 4 is 17.2 Å². The predicted molar refractivity (Wildman–Crippen MR) is 106 cm³/mol. The zero-order valence-corrected chi connectivity index (χ0v) is 17.0. The molecule has 0 aliphatic carbocycles. The molecule has 0 spiro atoms. The Hall–Kier alpha value is -1.79. The van der Waals surface area contributed by atoms with E-state index in [1.807, 2.05) is 0 Å². The summed E-state index contributed by atoms with van der Waals surface area (Å²) in [4.78, 5) is 17.7. The van der Waals surface area contributed by atoms with E-state index in [2.05, 4.69) is 36.5 Å². The standard InChI is InChI=1S/C21H27FN2O2S/c1-20(2,3)17-14-27-18(24-17)8-11-23-19(25)21(9-12-26-13-10-21)15-6-4-5-7-16(15)22/h4-7,14H,8-13H2,1-3H3,(H,23,25). The van der Waals surface area contributed by atoms with Crippen molar-refractivity contribution in [2.75, 3.05) is 19.8 Å². The fourth-order valence-corrected chi connectivity index (χ4v) is 4.44. The van der Waals surface area contributed by atoms with Crippen LogP contribution in [-0.4, -0.2) is 30.6 Å². The second-order valence-electron chi connectivity index (χ2n) is 8.06. The average Bonchev–Trinajstić information content (AvgIpc) is 3.12. The predicted octanol–water partition coefficient (Wildman–Crippen LogP) is 3.99. The van der Waals surface area contributed by atoms with E-state index in [0.29, 0.717) is 44.6 Å². The SMILES string of the molecule is CC(C)(C)c1csc(CCNC(=O)C2(c3ccccc3F)CCOCC2)n1. The number of hydrogen-bond donors (Lipinski definition) is 1. The molecule has 1 fully saturated rings. The molecule has 1 aromatic heterocycles. The van der Waals surface area contributed by atoms with Gasteiger partial charge in [0.2, 0.25) is 5.91 Å². The summed E-state index contributed by atoms with van der Waals surface area (Å²) in [5.41, 5.74) is 0.703. The Labute approximate surface area is 164 Å². The van der Waals surface area contributed by atoms with Crippen molar-refractivity contribution in [2.24, 2.45) is 0 Å². The zero-order chi connectivity index (χ0) is 19.5. The fourth-order valence-electron chi connectivity index (χ4n) is 3.41. The number of carbonyl (C=O) groups is 1. The summed E-state index contributed by atoms with van der Waals surface area (Å²) < 4.78 is 19.9. The first-order valence-electron chi connectivity index (χ1n) is 9.39. The maximum Gasteiger partial charge on any atom is 0.230 e. The van der Waals surface area contributed by atoms with Crippen LogP contribution in [0.25, 0.3) is 0 Å². The number of nitrogens with zero attached hydrogens (tertiary/aromatic N) is 1. The number of thiazole rings is 1. The van der Waals surface area contributed by atoms with E-state index in [4.69, 9.17) is 4.74 Å². The van der Waals surface area contributed by atoms with Crippen molar-refractivity contribution in [3.63, 3.8) is 0 Å². The highest BCUT2D eigenvalue weighted by atomic mass is 32.1. The largest absolute Gasteiger partial charge is 0.381 e. The molecule has 1 aliphatic heterocycles. The van der Waals surface area contributed by atoms with Gasteiger partial charge in [0.05, 0.1) is 16.1 Å². The van der Waals surface area contributed by atoms with Crippen LogP contribution < -0.4 is 5.32 Å². The molecule has 27 heavy (non-hydrogen) atoms. The minimum Gasteiger partial charge on any atom is -0.381 e. The van der Waals surface area contributed by atoms with Crippen LogP contribution in [-0.2, 0) is 26.8 Å². The van der Waals surface area contributed by atoms with Gasteiger partial charge in [0.25, 0.3) is 0 Å². The molecule has 0 radical (unpaired) electrons. The number of aromatic nitrogens is 1. The molecule has 146 valence electrons. The van der Waals surface area contributed by atoms with Crippen molar-refractivity contribution in [3.05, 3.63) is 51.7 Å². The maximum absolute atomic E-state index is 14.5. The number of rotatable bonds is 5. The number of nitrogens with one attached hydrogen (secondary N) is 1. The Balaban J connectivity index is 1.69. The topological polar surface area (TPSA) is 51.2 Å². The van der Waals surface area contributed by atoms with Gasteiger partial charge in [-0.05, 0) is 18.9 Å². The number of hydrogen-bond acceptors (Lipinski definition) is 4. The molecule has 2 heterocycles. The second kappa shape index (κ2) is 8.07. The smallest absolute Gasteiger partial charge is 0.230 e. The van der Waals surface area contributed by atoms with Gasteiger partial charge in [0.1, 0.15) is 5.82 Å². The van der Waals surface area contributed by atoms with Crippen molar-refractivity contribution in [2.45, 2.75) is 50.9 Å². The number of ether oxygens (including phenoxy) is 1. The van der Waals surface area contributed by atoms with E-state index in [9.17, 15) is 9.18 Å². The molecule has 0 saturated carbocycles. The minimum absolute atomic E-state index is 0.0228. The molecule has 0 unspecified atom stereocenters. The van der Waals surface area contributed by atoms with E-state index >= 15 is 0 Å². The van der Waals surface area contributed by atoms with Gasteiger partial charge in [-0.3, -0.25) is 4.79 Å². The molecule has 6 heteroatoms. The van der Waals surface area contributed by atoms with Gasteiger partial charge >= 0.3 is 0 Å². The summed E-state index contributed by atoms with van der Waals surface area (Å²) in [5, 5.41) is 6.11. The van der Waals surface area contributed by atoms with Crippen LogP contribution in [0, 0.1) is 5.82 Å². The van der Waals surface area contributed by atoms with Gasteiger partial charge in [-0.15, -0.1) is 11.3 Å². The molecule has 1 saturated heterocycles. The van der Waals surface area contributed by atoms with Crippen LogP contribution in [0.2, 0.25) is 0 Å². The molecule has 2 aromatic rings. The number of amides is 1. The molecule has 0 atom stereocenters. The maximum atomic E-state index is 14.5. The molecular weight excluding hydrogens is 363 g/mol. The van der Waals surface area contributed by atoms with E-state index in [1.54, 1.807) is 29.5 Å². The molecule has 1 aromatic carbocycles. The highest BCUT2D eigenvalue weighted by Gasteiger charge is 2.43. The lowest BCUT2D eigenvalue weighted by molar-refractivity contribution is -0.130. The Morgan fingerprint density at radius 3 is 2.63 bits per heavy atom. The second-order valence-corrected chi connectivity index (χ2v) is 9.00. The third kappa shape index (κ3) is 4.38. The normalized spacial score (nSPS) is 16.9. The molecular formula is C21H27FN2O2S. The van der Waals surface area contributed by atoms with Crippen LogP contribution in [0.4, 0.5) is 4.39 Å². The molecule has 4 nitrogen and oxygen atoms in total. The lowest BCUT2D eigenvalue weighted by Crippen LogP contribution is -2.49. The van der Waals surface area contributed by atoms with Gasteiger partial charge in [0.15, 0.2) is 0 Å². The van der Waals surface area contributed by atoms with Gasteiger partial charge in [-0.1, -0.05) is 39.0 Å². The van der Waals surface area contributed by atoms with Crippen LogP contribution in [0.3, 0.4) is 0 Å². The van der Waals surface area contributed by atoms with E-state index < -0.39 is 5.41 Å². The molecule has 1 amide bonds. The lowest BCUT2D eigenvalue weighted by atomic mass is 9.73. The van der Waals surface area contributed by atoms with E-state index in [0.717, 1.165) is 10.7 Å². The quantitative estimate of drug-likeness (QED) is 0.840. The molecule has 3 rings (SSSR count). The summed E-state index contributed by atoms with van der Waals surface area (Å²) >= 11 is 1.62. The van der Waals surface area contributed by atoms with Crippen LogP contribution in [0.1, 0.15) is 49.9 Å². The Morgan fingerprint density at radius 1 is 1.30 bits per heavy atom. The average molecular weight is 391 g/mol. The number of benzene rings is 1. The highest BCUT2D eigenvalue weighted by Crippen LogP contribution is 2.36. The third-order valence-electron chi connectivity index (χ3n) is 5.12. The van der Waals surface area contributed by atoms with Gasteiger partial charge in [-0.25, -0.2) is 9.37 Å². The lowest BCUT2D eigenvalue weighted by Gasteiger charge is -2.36. The van der Waals surface area contributed by atoms with Gasteiger partial charge in [0, 0.05) is 42.5 Å². The van der Waals surface area contributed by atoms with Crippen LogP contribution in [0.5, 0.6) is 0 Å². The Bertz CT molecular complexity index is 791. The Morgan fingerprint density at radius 2 is 2.00 bits per heavy atom. The summed E-state index contributed by atoms with van der Waals surface area (Å²) in [6, 6.07) is 6.58. The Kier molecular flexibility index (Phi) is 5.96.